The molecule has 0 unspecified atom stereocenters. The number of methoxy groups -OCH3 is 1. The van der Waals surface area contributed by atoms with Crippen LogP contribution in [0, 0.1) is 0 Å². The van der Waals surface area contributed by atoms with Crippen molar-refractivity contribution in [3.05, 3.63) is 22.7 Å². The second kappa shape index (κ2) is 9.47. The minimum Gasteiger partial charge on any atom is -0.493 e. The Labute approximate surface area is 130 Å². The minimum atomic E-state index is -0.416. The fourth-order valence-corrected chi connectivity index (χ4v) is 2.01. The van der Waals surface area contributed by atoms with E-state index in [4.69, 9.17) is 25.8 Å². The van der Waals surface area contributed by atoms with Crippen molar-refractivity contribution in [2.24, 2.45) is 0 Å². The number of nitrogens with one attached hydrogen (secondary N) is 1. The van der Waals surface area contributed by atoms with Crippen molar-refractivity contribution in [3.63, 3.8) is 0 Å². The quantitative estimate of drug-likeness (QED) is 0.561. The van der Waals surface area contributed by atoms with Crippen molar-refractivity contribution >= 4 is 17.6 Å². The van der Waals surface area contributed by atoms with Gasteiger partial charge in [-0.2, -0.15) is 0 Å². The number of hydrogen-bond acceptors (Lipinski definition) is 5. The van der Waals surface area contributed by atoms with Crippen molar-refractivity contribution < 1.29 is 19.0 Å². The van der Waals surface area contributed by atoms with Crippen molar-refractivity contribution in [1.82, 2.24) is 5.32 Å². The van der Waals surface area contributed by atoms with E-state index in [1.54, 1.807) is 6.07 Å². The standard InChI is InChI=1S/C15H22ClNO4/c1-4-5-6-20-14(18)10-21-15-12(16)7-11(9-17-2)8-13(15)19-3/h7-8,17H,4-6,9-10H2,1-3H3. The van der Waals surface area contributed by atoms with Crippen LogP contribution in [0.3, 0.4) is 0 Å². The van der Waals surface area contributed by atoms with Crippen molar-refractivity contribution in [2.45, 2.75) is 26.3 Å². The lowest BCUT2D eigenvalue weighted by atomic mass is 10.2. The molecule has 0 aliphatic rings. The molecule has 0 saturated heterocycles. The summed E-state index contributed by atoms with van der Waals surface area (Å²) in [5, 5.41) is 3.44. The van der Waals surface area contributed by atoms with Gasteiger partial charge in [0.2, 0.25) is 0 Å². The van der Waals surface area contributed by atoms with Crippen LogP contribution in [-0.2, 0) is 16.1 Å². The van der Waals surface area contributed by atoms with Crippen LogP contribution < -0.4 is 14.8 Å². The Hall–Kier alpha value is -1.46. The van der Waals surface area contributed by atoms with Crippen LogP contribution in [-0.4, -0.2) is 33.3 Å². The minimum absolute atomic E-state index is 0.189. The maximum atomic E-state index is 11.5. The van der Waals surface area contributed by atoms with Crippen LogP contribution >= 0.6 is 11.6 Å². The van der Waals surface area contributed by atoms with Gasteiger partial charge in [-0.3, -0.25) is 0 Å². The molecule has 118 valence electrons. The summed E-state index contributed by atoms with van der Waals surface area (Å²) >= 11 is 6.17. The Balaban J connectivity index is 2.67. The third-order valence-corrected chi connectivity index (χ3v) is 3.05. The lowest BCUT2D eigenvalue weighted by Gasteiger charge is -2.14. The Bertz CT molecular complexity index is 465. The molecule has 6 heteroatoms. The van der Waals surface area contributed by atoms with Gasteiger partial charge in [-0.05, 0) is 31.2 Å². The fraction of sp³-hybridized carbons (Fsp3) is 0.533. The predicted octanol–water partition coefficient (Wildman–Crippen LogP) is 2.79. The molecule has 1 N–H and O–H groups in total. The van der Waals surface area contributed by atoms with Crippen LogP contribution in [0.4, 0.5) is 0 Å². The second-order valence-corrected chi connectivity index (χ2v) is 4.91. The lowest BCUT2D eigenvalue weighted by molar-refractivity contribution is -0.146. The number of benzene rings is 1. The first-order chi connectivity index (χ1) is 10.1. The zero-order valence-corrected chi connectivity index (χ0v) is 13.5. The molecular weight excluding hydrogens is 294 g/mol. The molecule has 1 aromatic carbocycles. The van der Waals surface area contributed by atoms with E-state index in [1.165, 1.54) is 7.11 Å². The lowest BCUT2D eigenvalue weighted by Crippen LogP contribution is -2.16. The SMILES string of the molecule is CCCCOC(=O)COc1c(Cl)cc(CNC)cc1OC. The summed E-state index contributed by atoms with van der Waals surface area (Å²) in [6, 6.07) is 3.60. The fourth-order valence-electron chi connectivity index (χ4n) is 1.72. The monoisotopic (exact) mass is 315 g/mol. The molecular formula is C15H22ClNO4. The van der Waals surface area contributed by atoms with Gasteiger partial charge in [-0.25, -0.2) is 4.79 Å². The molecule has 0 bridgehead atoms. The van der Waals surface area contributed by atoms with Gasteiger partial charge in [-0.1, -0.05) is 24.9 Å². The van der Waals surface area contributed by atoms with E-state index in [-0.39, 0.29) is 6.61 Å². The van der Waals surface area contributed by atoms with Crippen molar-refractivity contribution in [2.75, 3.05) is 27.4 Å². The average molecular weight is 316 g/mol. The highest BCUT2D eigenvalue weighted by Gasteiger charge is 2.14. The number of ether oxygens (including phenoxy) is 3. The summed E-state index contributed by atoms with van der Waals surface area (Å²) in [7, 11) is 3.37. The number of carbonyl (C=O) groups is 1. The molecule has 0 spiro atoms. The number of esters is 1. The molecule has 0 aromatic heterocycles. The molecule has 21 heavy (non-hydrogen) atoms. The summed E-state index contributed by atoms with van der Waals surface area (Å²) < 4.78 is 15.7. The normalized spacial score (nSPS) is 10.3. The number of carbonyl (C=O) groups excluding carboxylic acids is 1. The molecule has 1 aromatic rings. The maximum Gasteiger partial charge on any atom is 0.344 e. The van der Waals surface area contributed by atoms with Gasteiger partial charge in [0.05, 0.1) is 18.7 Å². The molecule has 0 saturated carbocycles. The zero-order chi connectivity index (χ0) is 15.7. The Morgan fingerprint density at radius 2 is 2.14 bits per heavy atom. The molecule has 0 heterocycles. The number of halogens is 1. The van der Waals surface area contributed by atoms with Gasteiger partial charge >= 0.3 is 5.97 Å². The molecule has 0 atom stereocenters. The third-order valence-electron chi connectivity index (χ3n) is 2.77. The van der Waals surface area contributed by atoms with Gasteiger partial charge in [0, 0.05) is 6.54 Å². The number of hydrogen-bond donors (Lipinski definition) is 1. The van der Waals surface area contributed by atoms with Gasteiger partial charge < -0.3 is 19.5 Å². The molecule has 0 radical (unpaired) electrons. The van der Waals surface area contributed by atoms with Gasteiger partial charge in [0.25, 0.3) is 0 Å². The highest BCUT2D eigenvalue weighted by Crippen LogP contribution is 2.36. The smallest absolute Gasteiger partial charge is 0.344 e. The second-order valence-electron chi connectivity index (χ2n) is 4.50. The number of rotatable bonds is 9. The summed E-state index contributed by atoms with van der Waals surface area (Å²) in [5.41, 5.74) is 0.970. The highest BCUT2D eigenvalue weighted by molar-refractivity contribution is 6.32. The van der Waals surface area contributed by atoms with E-state index in [2.05, 4.69) is 5.32 Å². The largest absolute Gasteiger partial charge is 0.493 e. The average Bonchev–Trinajstić information content (AvgIpc) is 2.46. The van der Waals surface area contributed by atoms with E-state index in [0.29, 0.717) is 29.7 Å². The summed E-state index contributed by atoms with van der Waals surface area (Å²) in [6.45, 7) is 2.91. The topological polar surface area (TPSA) is 56.8 Å². The van der Waals surface area contributed by atoms with Crippen LogP contribution in [0.15, 0.2) is 12.1 Å². The predicted molar refractivity (Wildman–Crippen MR) is 82.1 cm³/mol. The first kappa shape index (κ1) is 17.6. The zero-order valence-electron chi connectivity index (χ0n) is 12.7. The Morgan fingerprint density at radius 1 is 1.38 bits per heavy atom. The molecule has 1 rings (SSSR count). The highest BCUT2D eigenvalue weighted by atomic mass is 35.5. The maximum absolute atomic E-state index is 11.5. The van der Waals surface area contributed by atoms with E-state index in [9.17, 15) is 4.79 Å². The van der Waals surface area contributed by atoms with Crippen LogP contribution in [0.1, 0.15) is 25.3 Å². The molecule has 0 aliphatic carbocycles. The van der Waals surface area contributed by atoms with E-state index in [0.717, 1.165) is 18.4 Å². The van der Waals surface area contributed by atoms with Gasteiger partial charge in [0.1, 0.15) is 0 Å². The molecule has 0 amide bonds. The summed E-state index contributed by atoms with van der Waals surface area (Å²) in [5.74, 6) is 0.432. The molecule has 5 nitrogen and oxygen atoms in total. The van der Waals surface area contributed by atoms with E-state index < -0.39 is 5.97 Å². The Kier molecular flexibility index (Phi) is 7.93. The third kappa shape index (κ3) is 5.81. The van der Waals surface area contributed by atoms with Crippen LogP contribution in [0.2, 0.25) is 5.02 Å². The van der Waals surface area contributed by atoms with Crippen LogP contribution in [0.5, 0.6) is 11.5 Å². The molecule has 0 fully saturated rings. The molecule has 0 aliphatic heterocycles. The summed E-state index contributed by atoms with van der Waals surface area (Å²) in [6.07, 6.45) is 1.81. The van der Waals surface area contributed by atoms with Crippen molar-refractivity contribution in [3.8, 4) is 11.5 Å². The first-order valence-corrected chi connectivity index (χ1v) is 7.29. The van der Waals surface area contributed by atoms with E-state index >= 15 is 0 Å². The van der Waals surface area contributed by atoms with Crippen molar-refractivity contribution in [1.29, 1.82) is 0 Å². The summed E-state index contributed by atoms with van der Waals surface area (Å²) in [4.78, 5) is 11.5. The van der Waals surface area contributed by atoms with E-state index in [1.807, 2.05) is 20.0 Å². The number of unbranched alkanes of at least 4 members (excludes halogenated alkanes) is 1. The van der Waals surface area contributed by atoms with Gasteiger partial charge in [0.15, 0.2) is 18.1 Å². The van der Waals surface area contributed by atoms with Crippen LogP contribution in [0.25, 0.3) is 0 Å². The Morgan fingerprint density at radius 3 is 2.76 bits per heavy atom. The van der Waals surface area contributed by atoms with Gasteiger partial charge in [-0.15, -0.1) is 0 Å². The first-order valence-electron chi connectivity index (χ1n) is 6.91.